The lowest BCUT2D eigenvalue weighted by atomic mass is 12.0. The fraction of sp³-hybridized carbons (Fsp3) is 1.00. The molecule has 1 atom stereocenters. The Balaban J connectivity index is 0. The van der Waals surface area contributed by atoms with E-state index in [1.165, 1.54) is 6.26 Å². The van der Waals surface area contributed by atoms with E-state index in [4.69, 9.17) is 8.76 Å². The average Bonchev–Trinajstić information content (AvgIpc) is 0.811. The second-order valence-electron chi connectivity index (χ2n) is 0.424. The first-order chi connectivity index (χ1) is 1.73. The first kappa shape index (κ1) is 8.91. The zero-order chi connectivity index (χ0) is 3.58. The normalized spacial score (nSPS) is 12.4. The summed E-state index contributed by atoms with van der Waals surface area (Å²) in [5.41, 5.74) is 0. The van der Waals surface area contributed by atoms with Gasteiger partial charge >= 0.3 is 0 Å². The lowest BCUT2D eigenvalue weighted by Gasteiger charge is -1.60. The second kappa shape index (κ2) is 4.07. The molecule has 0 amide bonds. The summed E-state index contributed by atoms with van der Waals surface area (Å²) in [7, 11) is 0. The van der Waals surface area contributed by atoms with Crippen molar-refractivity contribution in [1.82, 2.24) is 0 Å². The minimum Gasteiger partial charge on any atom is -0.412 e. The molecule has 0 fully saturated rings. The van der Waals surface area contributed by atoms with Gasteiger partial charge in [-0.3, -0.25) is 0 Å². The summed E-state index contributed by atoms with van der Waals surface area (Å²) >= 11 is -1.61. The van der Waals surface area contributed by atoms with Crippen LogP contribution < -0.4 is 0 Å². The number of hydrogen-bond acceptors (Lipinski definition) is 1. The lowest BCUT2D eigenvalue weighted by molar-refractivity contribution is 0.571. The third kappa shape index (κ3) is 3560. The van der Waals surface area contributed by atoms with Crippen molar-refractivity contribution >= 4 is 11.1 Å². The van der Waals surface area contributed by atoms with Gasteiger partial charge in [0, 0.05) is 6.26 Å². The molecule has 0 aliphatic heterocycles. The Bertz CT molecular complexity index is 29.9. The number of hydrogen-bond donors (Lipinski definition) is 1. The van der Waals surface area contributed by atoms with Crippen molar-refractivity contribution < 1.29 is 14.2 Å². The lowest BCUT2D eigenvalue weighted by Crippen LogP contribution is -1.72. The van der Waals surface area contributed by atoms with Crippen LogP contribution in [0.15, 0.2) is 0 Å². The maximum atomic E-state index is 9.11. The monoisotopic (exact) mass is 98.0 g/mol. The summed E-state index contributed by atoms with van der Waals surface area (Å²) in [5.74, 6) is 0. The van der Waals surface area contributed by atoms with Gasteiger partial charge in [-0.05, 0) is 0 Å². The molecule has 3 nitrogen and oxygen atoms in total. The minimum atomic E-state index is -1.61. The molecule has 0 radical (unpaired) electrons. The molecule has 34 valence electrons. The Morgan fingerprint density at radius 2 is 1.80 bits per heavy atom. The maximum absolute atomic E-state index is 9.11. The zero-order valence-electron chi connectivity index (χ0n) is 2.76. The van der Waals surface area contributed by atoms with E-state index in [0.29, 0.717) is 0 Å². The summed E-state index contributed by atoms with van der Waals surface area (Å²) in [6, 6.07) is 0. The number of rotatable bonds is 0. The van der Waals surface area contributed by atoms with E-state index < -0.39 is 11.1 Å². The summed E-state index contributed by atoms with van der Waals surface area (Å²) < 4.78 is 16.6. The minimum absolute atomic E-state index is 0. The highest BCUT2D eigenvalue weighted by atomic mass is 32.2. The first-order valence-corrected chi connectivity index (χ1v) is 2.27. The summed E-state index contributed by atoms with van der Waals surface area (Å²) in [6.07, 6.45) is 1.19. The fourth-order valence-corrected chi connectivity index (χ4v) is 0. The quantitative estimate of drug-likeness (QED) is 0.395. The predicted molar refractivity (Wildman–Crippen MR) is 20.3 cm³/mol. The predicted octanol–water partition coefficient (Wildman–Crippen LogP) is -0.987. The molecule has 3 N–H and O–H groups in total. The van der Waals surface area contributed by atoms with Crippen LogP contribution in [0.2, 0.25) is 0 Å². The highest BCUT2D eigenvalue weighted by molar-refractivity contribution is 7.78. The molecule has 0 aromatic rings. The Hall–Kier alpha value is 0.0700. The molecular formula is CH6O3S. The van der Waals surface area contributed by atoms with Crippen molar-refractivity contribution in [3.8, 4) is 0 Å². The van der Waals surface area contributed by atoms with E-state index in [0.717, 1.165) is 0 Å². The van der Waals surface area contributed by atoms with Crippen LogP contribution in [0, 0.1) is 0 Å². The third-order valence-corrected chi connectivity index (χ3v) is 0. The first-order valence-electron chi connectivity index (χ1n) is 0.757. The Labute approximate surface area is 32.6 Å². The van der Waals surface area contributed by atoms with Gasteiger partial charge in [0.05, 0.1) is 0 Å². The SMILES string of the molecule is CS(=O)O.O. The molecule has 5 heavy (non-hydrogen) atoms. The van der Waals surface area contributed by atoms with Gasteiger partial charge in [0.25, 0.3) is 0 Å². The van der Waals surface area contributed by atoms with Crippen molar-refractivity contribution in [3.05, 3.63) is 0 Å². The highest BCUT2D eigenvalue weighted by Crippen LogP contribution is 1.45. The molecule has 0 aliphatic carbocycles. The van der Waals surface area contributed by atoms with Gasteiger partial charge in [-0.25, -0.2) is 4.21 Å². The fourth-order valence-electron chi connectivity index (χ4n) is 0. The Morgan fingerprint density at radius 1 is 1.80 bits per heavy atom. The molecule has 1 unspecified atom stereocenters. The highest BCUT2D eigenvalue weighted by Gasteiger charge is 1.59. The van der Waals surface area contributed by atoms with Crippen molar-refractivity contribution in [2.75, 3.05) is 6.26 Å². The molecule has 0 saturated heterocycles. The summed E-state index contributed by atoms with van der Waals surface area (Å²) in [4.78, 5) is 0. The molecule has 0 spiro atoms. The van der Waals surface area contributed by atoms with Gasteiger partial charge in [-0.15, -0.1) is 0 Å². The van der Waals surface area contributed by atoms with Crippen LogP contribution in [0.4, 0.5) is 0 Å². The van der Waals surface area contributed by atoms with Crippen molar-refractivity contribution in [3.63, 3.8) is 0 Å². The Morgan fingerprint density at radius 3 is 1.80 bits per heavy atom. The van der Waals surface area contributed by atoms with Crippen molar-refractivity contribution in [2.24, 2.45) is 0 Å². The van der Waals surface area contributed by atoms with E-state index in [1.54, 1.807) is 0 Å². The third-order valence-electron chi connectivity index (χ3n) is 0. The van der Waals surface area contributed by atoms with Gasteiger partial charge < -0.3 is 10.0 Å². The standard InChI is InChI=1S/CH4O2S.H2O/c1-4(2)3;/h1H3,(H,2,3);1H2. The molecule has 0 saturated carbocycles. The molecule has 0 aromatic heterocycles. The summed E-state index contributed by atoms with van der Waals surface area (Å²) in [5, 5.41) is 0. The zero-order valence-corrected chi connectivity index (χ0v) is 3.58. The molecule has 0 heterocycles. The van der Waals surface area contributed by atoms with Crippen LogP contribution in [0.3, 0.4) is 0 Å². The molecule has 4 heteroatoms. The van der Waals surface area contributed by atoms with Gasteiger partial charge in [0.15, 0.2) is 0 Å². The van der Waals surface area contributed by atoms with Crippen LogP contribution in [0.5, 0.6) is 0 Å². The van der Waals surface area contributed by atoms with Gasteiger partial charge in [0.2, 0.25) is 0 Å². The van der Waals surface area contributed by atoms with Gasteiger partial charge in [-0.1, -0.05) is 0 Å². The van der Waals surface area contributed by atoms with E-state index in [9.17, 15) is 0 Å². The van der Waals surface area contributed by atoms with Crippen molar-refractivity contribution in [1.29, 1.82) is 0 Å². The average molecular weight is 98.1 g/mol. The van der Waals surface area contributed by atoms with Crippen LogP contribution in [-0.4, -0.2) is 20.5 Å². The van der Waals surface area contributed by atoms with E-state index in [-0.39, 0.29) is 5.48 Å². The molecule has 0 aliphatic rings. The van der Waals surface area contributed by atoms with Crippen LogP contribution in [-0.2, 0) is 11.1 Å². The van der Waals surface area contributed by atoms with Crippen LogP contribution >= 0.6 is 0 Å². The van der Waals surface area contributed by atoms with E-state index in [2.05, 4.69) is 0 Å². The topological polar surface area (TPSA) is 68.8 Å². The molecule has 0 rings (SSSR count). The van der Waals surface area contributed by atoms with Gasteiger partial charge in [0.1, 0.15) is 11.1 Å². The molecular weight excluding hydrogens is 92.1 g/mol. The van der Waals surface area contributed by atoms with Crippen LogP contribution in [0.1, 0.15) is 0 Å². The molecule has 0 bridgehead atoms. The summed E-state index contributed by atoms with van der Waals surface area (Å²) in [6.45, 7) is 0. The van der Waals surface area contributed by atoms with Crippen LogP contribution in [0.25, 0.3) is 0 Å². The second-order valence-corrected chi connectivity index (χ2v) is 1.27. The van der Waals surface area contributed by atoms with Crippen molar-refractivity contribution in [2.45, 2.75) is 0 Å². The van der Waals surface area contributed by atoms with E-state index in [1.807, 2.05) is 0 Å². The van der Waals surface area contributed by atoms with E-state index >= 15 is 0 Å². The van der Waals surface area contributed by atoms with Gasteiger partial charge in [-0.2, -0.15) is 0 Å². The molecule has 0 aromatic carbocycles. The smallest absolute Gasteiger partial charge is 0.149 e. The largest absolute Gasteiger partial charge is 0.412 e. The Kier molecular flexibility index (Phi) is 7.25. The maximum Gasteiger partial charge on any atom is 0.149 e.